The molecule has 12 aromatic rings. The van der Waals surface area contributed by atoms with Gasteiger partial charge >= 0.3 is 0 Å². The van der Waals surface area contributed by atoms with Gasteiger partial charge in [-0.15, -0.1) is 11.3 Å². The van der Waals surface area contributed by atoms with Crippen molar-refractivity contribution in [2.75, 3.05) is 0 Å². The van der Waals surface area contributed by atoms with Gasteiger partial charge in [0.25, 0.3) is 0 Å². The molecule has 19 nitrogen and oxygen atoms in total. The molecule has 13 rings (SSSR count). The Bertz CT molecular complexity index is 4850. The van der Waals surface area contributed by atoms with Gasteiger partial charge in [0, 0.05) is 38.7 Å². The zero-order valence-corrected chi connectivity index (χ0v) is 41.1. The lowest BCUT2D eigenvalue weighted by Gasteiger charge is -2.17. The third-order valence-electron chi connectivity index (χ3n) is 15.2. The zero-order chi connectivity index (χ0) is 54.4. The average Bonchev–Trinajstić information content (AvgIpc) is 3.90. The summed E-state index contributed by atoms with van der Waals surface area (Å²) >= 11 is 0.599. The molecule has 0 radical (unpaired) electrons. The smallest absolute Gasteiger partial charge is 0.204 e. The molecular formula is C56H40BN3O16S. The lowest BCUT2D eigenvalue weighted by atomic mass is 9.90. The number of aromatic hydroxyl groups is 16. The molecule has 0 aliphatic heterocycles. The van der Waals surface area contributed by atoms with Crippen molar-refractivity contribution < 1.29 is 81.7 Å². The van der Waals surface area contributed by atoms with E-state index in [0.29, 0.717) is 35.4 Å². The summed E-state index contributed by atoms with van der Waals surface area (Å²) in [6.45, 7) is 2.67. The van der Waals surface area contributed by atoms with E-state index in [9.17, 15) is 81.7 Å². The van der Waals surface area contributed by atoms with Gasteiger partial charge in [0.05, 0.1) is 53.2 Å². The molecule has 0 saturated carbocycles. The van der Waals surface area contributed by atoms with Crippen LogP contribution in [0.15, 0.2) is 72.8 Å². The number of allylic oxidation sites excluding steroid dienone is 4. The van der Waals surface area contributed by atoms with Crippen molar-refractivity contribution in [3.63, 3.8) is 0 Å². The molecule has 0 atom stereocenters. The lowest BCUT2D eigenvalue weighted by Crippen LogP contribution is -2.04. The van der Waals surface area contributed by atoms with Crippen LogP contribution < -0.4 is 5.46 Å². The van der Waals surface area contributed by atoms with Gasteiger partial charge in [-0.1, -0.05) is 54.6 Å². The molecule has 0 bridgehead atoms. The second-order valence-electron chi connectivity index (χ2n) is 19.2. The molecule has 0 fully saturated rings. The van der Waals surface area contributed by atoms with Crippen LogP contribution in [-0.2, 0) is 0 Å². The third-order valence-corrected chi connectivity index (χ3v) is 16.4. The molecule has 1 aliphatic rings. The maximum Gasteiger partial charge on any atom is 0.204 e. The summed E-state index contributed by atoms with van der Waals surface area (Å²) < 4.78 is 3.20. The molecule has 4 aromatic heterocycles. The Hall–Kier alpha value is -10.3. The predicted octanol–water partition coefficient (Wildman–Crippen LogP) is 9.36. The van der Waals surface area contributed by atoms with Gasteiger partial charge in [-0.05, 0) is 61.5 Å². The average molecular weight is 1050 g/mol. The first-order valence-corrected chi connectivity index (χ1v) is 24.5. The fourth-order valence-electron chi connectivity index (χ4n) is 11.6. The van der Waals surface area contributed by atoms with Gasteiger partial charge in [0.15, 0.2) is 46.0 Å². The van der Waals surface area contributed by atoms with E-state index in [0.717, 1.165) is 9.96 Å². The number of aromatic nitrogens is 3. The van der Waals surface area contributed by atoms with Crippen LogP contribution in [0.25, 0.3) is 114 Å². The summed E-state index contributed by atoms with van der Waals surface area (Å²) in [5.74, 6) is -15.0. The van der Waals surface area contributed by atoms with E-state index in [2.05, 4.69) is 0 Å². The Kier molecular flexibility index (Phi) is 9.30. The first kappa shape index (κ1) is 46.5. The van der Waals surface area contributed by atoms with Crippen molar-refractivity contribution >= 4 is 111 Å². The molecule has 77 heavy (non-hydrogen) atoms. The Labute approximate surface area is 434 Å². The highest BCUT2D eigenvalue weighted by Gasteiger charge is 2.38. The van der Waals surface area contributed by atoms with E-state index in [1.54, 1.807) is 36.4 Å². The van der Waals surface area contributed by atoms with Crippen LogP contribution in [-0.4, -0.2) is 103 Å². The Morgan fingerprint density at radius 3 is 1.58 bits per heavy atom. The predicted molar refractivity (Wildman–Crippen MR) is 293 cm³/mol. The fraction of sp³-hybridized carbons (Fsp3) is 0.0714. The van der Waals surface area contributed by atoms with E-state index < -0.39 is 130 Å². The van der Waals surface area contributed by atoms with Gasteiger partial charge in [-0.2, -0.15) is 0 Å². The molecule has 0 saturated heterocycles. The molecule has 0 unspecified atom stereocenters. The van der Waals surface area contributed by atoms with E-state index in [1.165, 1.54) is 30.8 Å². The van der Waals surface area contributed by atoms with Crippen LogP contribution in [0.5, 0.6) is 92.0 Å². The number of phenols is 16. The number of rotatable bonds is 4. The van der Waals surface area contributed by atoms with Crippen LogP contribution in [0, 0.1) is 13.8 Å². The molecule has 21 heteroatoms. The van der Waals surface area contributed by atoms with Gasteiger partial charge in [-0.3, -0.25) is 4.40 Å². The number of aryl methyl sites for hydroxylation is 1. The number of benzene rings is 8. The summed E-state index contributed by atoms with van der Waals surface area (Å²) in [6, 6.07) is 15.7. The minimum absolute atomic E-state index is 0.0983. The monoisotopic (exact) mass is 1050 g/mol. The normalized spacial score (nSPS) is 13.1. The molecule has 0 amide bonds. The second-order valence-corrected chi connectivity index (χ2v) is 20.2. The summed E-state index contributed by atoms with van der Waals surface area (Å²) in [7, 11) is 1.29. The first-order valence-electron chi connectivity index (χ1n) is 23.7. The molecule has 8 aromatic carbocycles. The van der Waals surface area contributed by atoms with E-state index in [4.69, 9.17) is 0 Å². The summed E-state index contributed by atoms with van der Waals surface area (Å²) in [5.41, 5.74) is -2.84. The maximum absolute atomic E-state index is 12.9. The first-order chi connectivity index (χ1) is 36.7. The van der Waals surface area contributed by atoms with Crippen molar-refractivity contribution in [1.82, 2.24) is 13.5 Å². The minimum Gasteiger partial charge on any atom is -0.508 e. The van der Waals surface area contributed by atoms with Crippen molar-refractivity contribution in [3.8, 4) is 120 Å². The van der Waals surface area contributed by atoms with E-state index >= 15 is 0 Å². The Morgan fingerprint density at radius 1 is 0.403 bits per heavy atom. The maximum atomic E-state index is 12.9. The summed E-state index contributed by atoms with van der Waals surface area (Å²) in [5, 5.41) is 191. The van der Waals surface area contributed by atoms with Crippen LogP contribution >= 0.6 is 11.3 Å². The van der Waals surface area contributed by atoms with Gasteiger partial charge in [0.2, 0.25) is 11.5 Å². The van der Waals surface area contributed by atoms with Crippen molar-refractivity contribution in [1.29, 1.82) is 0 Å². The largest absolute Gasteiger partial charge is 0.508 e. The standard InChI is InChI=1S/C56H40BN3O16S/c1-17-23-25-35(59(32(23)50(72)52(74)41(17)63)22-15-9-12-20(16-22)19-10-5-3-6-11-19)48(70)45(67)29(42(25)64)30-43(65)26-27-38-56(47(69)31(57)44(27)66)77-55-28-24-33(39(61)18(2)40(62)34(24)60(38)36(26)49(71)46(30)68)58(21-13-7-4-8-14-21)37(28)51(73)53(75)54(55)76/h3,5-7,9-16,61-76H,4,8,57H2,1-2H3. The number of phenolic OH excluding ortho intramolecular Hbond substituents is 16. The quantitative estimate of drug-likeness (QED) is 0.0443. The molecule has 16 N–H and O–H groups in total. The Balaban J connectivity index is 1.25. The number of hydrogen-bond donors (Lipinski definition) is 16. The Morgan fingerprint density at radius 2 is 0.935 bits per heavy atom. The van der Waals surface area contributed by atoms with Gasteiger partial charge < -0.3 is 90.8 Å². The molecular weight excluding hydrogens is 1010 g/mol. The van der Waals surface area contributed by atoms with Crippen molar-refractivity contribution in [3.05, 3.63) is 84.0 Å². The zero-order valence-electron chi connectivity index (χ0n) is 40.2. The van der Waals surface area contributed by atoms with Gasteiger partial charge in [0.1, 0.15) is 64.4 Å². The van der Waals surface area contributed by atoms with Crippen LogP contribution in [0.2, 0.25) is 0 Å². The van der Waals surface area contributed by atoms with Gasteiger partial charge in [-0.25, -0.2) is 0 Å². The highest BCUT2D eigenvalue weighted by atomic mass is 32.1. The van der Waals surface area contributed by atoms with Crippen LogP contribution in [0.1, 0.15) is 24.0 Å². The van der Waals surface area contributed by atoms with Crippen LogP contribution in [0.4, 0.5) is 0 Å². The number of fused-ring (bicyclic) bond motifs is 7. The third kappa shape index (κ3) is 5.53. The molecule has 1 aliphatic carbocycles. The van der Waals surface area contributed by atoms with Crippen molar-refractivity contribution in [2.45, 2.75) is 26.7 Å². The molecule has 0 spiro atoms. The number of hydrogen-bond acceptors (Lipinski definition) is 17. The summed E-state index contributed by atoms with van der Waals surface area (Å²) in [4.78, 5) is 0. The highest BCUT2D eigenvalue weighted by molar-refractivity contribution is 7.25. The highest BCUT2D eigenvalue weighted by Crippen LogP contribution is 2.64. The van der Waals surface area contributed by atoms with E-state index in [-0.39, 0.29) is 75.4 Å². The topological polar surface area (TPSA) is 338 Å². The SMILES string of the molecule is Bc1c(O)c2sc3c(O)c(O)c(O)c4c3c3c(c(O)c(C)c(O)c3n3c5c(O)c(O)c(-c6c(O)c(O)c7c(c6O)c6c(C)c(O)c(O)c(O)c6n7-c6cccc(-c7ccccc7)c6)c(O)c5c(c1O)c23)n4C1=CCCC=C1. The summed E-state index contributed by atoms with van der Waals surface area (Å²) in [6.07, 6.45) is 6.41. The molecule has 4 heterocycles. The number of nitrogens with zero attached hydrogens (tertiary/aromatic N) is 3. The van der Waals surface area contributed by atoms with E-state index in [1.807, 2.05) is 36.4 Å². The lowest BCUT2D eigenvalue weighted by molar-refractivity contribution is 0.369. The fourth-order valence-corrected chi connectivity index (χ4v) is 12.8. The van der Waals surface area contributed by atoms with Crippen molar-refractivity contribution in [2.24, 2.45) is 0 Å². The minimum atomic E-state index is -1.29. The second kappa shape index (κ2) is 15.4. The molecule has 384 valence electrons. The van der Waals surface area contributed by atoms with Crippen LogP contribution in [0.3, 0.4) is 0 Å².